The third-order valence-electron chi connectivity index (χ3n) is 3.06. The van der Waals surface area contributed by atoms with E-state index in [4.69, 9.17) is 10.2 Å². The van der Waals surface area contributed by atoms with Crippen LogP contribution in [0.3, 0.4) is 0 Å². The molecule has 1 aliphatic rings. The van der Waals surface area contributed by atoms with E-state index in [9.17, 15) is 9.90 Å². The molecular formula is C10H15N3O4. The molecule has 1 aliphatic carbocycles. The van der Waals surface area contributed by atoms with Gasteiger partial charge in [-0.25, -0.2) is 9.48 Å². The van der Waals surface area contributed by atoms with E-state index in [1.165, 1.54) is 4.68 Å². The molecule has 0 amide bonds. The molecule has 94 valence electrons. The molecule has 1 heterocycles. The van der Waals surface area contributed by atoms with Crippen LogP contribution in [-0.2, 0) is 6.54 Å². The summed E-state index contributed by atoms with van der Waals surface area (Å²) in [6, 6.07) is 0. The molecule has 1 aromatic rings. The number of hydrogen-bond acceptors (Lipinski definition) is 5. The predicted molar refractivity (Wildman–Crippen MR) is 56.7 cm³/mol. The Bertz CT molecular complexity index is 414. The highest BCUT2D eigenvalue weighted by molar-refractivity contribution is 5.86. The van der Waals surface area contributed by atoms with Crippen molar-refractivity contribution >= 4 is 5.97 Å². The highest BCUT2D eigenvalue weighted by atomic mass is 16.4. The van der Waals surface area contributed by atoms with Crippen molar-refractivity contribution in [1.29, 1.82) is 0 Å². The summed E-state index contributed by atoms with van der Waals surface area (Å²) in [5.41, 5.74) is 0.524. The monoisotopic (exact) mass is 241 g/mol. The Hall–Kier alpha value is -1.47. The van der Waals surface area contributed by atoms with Crippen LogP contribution in [0.4, 0.5) is 0 Å². The zero-order valence-corrected chi connectivity index (χ0v) is 9.28. The minimum absolute atomic E-state index is 0.0418. The van der Waals surface area contributed by atoms with E-state index in [1.807, 2.05) is 0 Å². The molecule has 1 aromatic heterocycles. The van der Waals surface area contributed by atoms with Gasteiger partial charge in [0.05, 0.1) is 24.9 Å². The van der Waals surface area contributed by atoms with Gasteiger partial charge in [-0.2, -0.15) is 0 Å². The maximum atomic E-state index is 11.0. The van der Waals surface area contributed by atoms with E-state index in [-0.39, 0.29) is 24.8 Å². The van der Waals surface area contributed by atoms with Crippen LogP contribution in [0.25, 0.3) is 0 Å². The standard InChI is InChI=1S/C10H15N3O4/c14-5-7(15)4-13-9(6-2-1-3-6)8(10(16)17)11-12-13/h6-7,14-15H,1-5H2,(H,16,17). The quantitative estimate of drug-likeness (QED) is 0.647. The van der Waals surface area contributed by atoms with Crippen molar-refractivity contribution in [2.75, 3.05) is 6.61 Å². The molecule has 1 fully saturated rings. The average molecular weight is 241 g/mol. The van der Waals surface area contributed by atoms with Gasteiger partial charge in [0.2, 0.25) is 0 Å². The van der Waals surface area contributed by atoms with Crippen LogP contribution in [0.2, 0.25) is 0 Å². The molecule has 0 bridgehead atoms. The van der Waals surface area contributed by atoms with Crippen molar-refractivity contribution in [3.63, 3.8) is 0 Å². The summed E-state index contributed by atoms with van der Waals surface area (Å²) in [6.07, 6.45) is 1.96. The fraction of sp³-hybridized carbons (Fsp3) is 0.700. The summed E-state index contributed by atoms with van der Waals surface area (Å²) >= 11 is 0. The van der Waals surface area contributed by atoms with Gasteiger partial charge in [0.25, 0.3) is 0 Å². The SMILES string of the molecule is O=C(O)c1nnn(CC(O)CO)c1C1CCC1. The first-order chi connectivity index (χ1) is 8.13. The Morgan fingerprint density at radius 2 is 2.24 bits per heavy atom. The molecule has 1 atom stereocenters. The molecule has 1 saturated carbocycles. The zero-order valence-electron chi connectivity index (χ0n) is 9.28. The summed E-state index contributed by atoms with van der Waals surface area (Å²) in [4.78, 5) is 11.0. The number of aliphatic hydroxyl groups is 2. The number of carboxylic acids is 1. The summed E-state index contributed by atoms with van der Waals surface area (Å²) < 4.78 is 1.40. The molecule has 17 heavy (non-hydrogen) atoms. The molecule has 0 radical (unpaired) electrons. The lowest BCUT2D eigenvalue weighted by Crippen LogP contribution is -2.25. The Balaban J connectivity index is 2.28. The van der Waals surface area contributed by atoms with E-state index < -0.39 is 12.1 Å². The molecule has 1 unspecified atom stereocenters. The van der Waals surface area contributed by atoms with Crippen LogP contribution < -0.4 is 0 Å². The Kier molecular flexibility index (Phi) is 3.39. The van der Waals surface area contributed by atoms with Crippen molar-refractivity contribution in [1.82, 2.24) is 15.0 Å². The van der Waals surface area contributed by atoms with Gasteiger partial charge in [0.1, 0.15) is 0 Å². The molecule has 3 N–H and O–H groups in total. The molecular weight excluding hydrogens is 226 g/mol. The number of aliphatic hydroxyl groups excluding tert-OH is 2. The van der Waals surface area contributed by atoms with Crippen molar-refractivity contribution < 1.29 is 20.1 Å². The van der Waals surface area contributed by atoms with Gasteiger partial charge in [-0.1, -0.05) is 11.6 Å². The van der Waals surface area contributed by atoms with Gasteiger partial charge in [-0.15, -0.1) is 5.10 Å². The van der Waals surface area contributed by atoms with Crippen molar-refractivity contribution in [3.05, 3.63) is 11.4 Å². The number of carbonyl (C=O) groups is 1. The normalized spacial score (nSPS) is 17.8. The Labute approximate surface area is 97.7 Å². The maximum Gasteiger partial charge on any atom is 0.358 e. The number of nitrogens with zero attached hydrogens (tertiary/aromatic N) is 3. The fourth-order valence-electron chi connectivity index (χ4n) is 1.95. The largest absolute Gasteiger partial charge is 0.476 e. The number of carboxylic acid groups (broad SMARTS) is 1. The van der Waals surface area contributed by atoms with Crippen molar-refractivity contribution in [2.45, 2.75) is 37.8 Å². The van der Waals surface area contributed by atoms with E-state index in [1.54, 1.807) is 0 Å². The molecule has 0 saturated heterocycles. The second-order valence-electron chi connectivity index (χ2n) is 4.27. The van der Waals surface area contributed by atoms with Crippen LogP contribution in [-0.4, -0.2) is 49.0 Å². The van der Waals surface area contributed by atoms with E-state index >= 15 is 0 Å². The lowest BCUT2D eigenvalue weighted by atomic mass is 9.82. The Morgan fingerprint density at radius 3 is 2.71 bits per heavy atom. The molecule has 2 rings (SSSR count). The van der Waals surface area contributed by atoms with Crippen LogP contribution >= 0.6 is 0 Å². The van der Waals surface area contributed by atoms with Crippen molar-refractivity contribution in [2.24, 2.45) is 0 Å². The molecule has 7 nitrogen and oxygen atoms in total. The first-order valence-electron chi connectivity index (χ1n) is 5.59. The molecule has 0 spiro atoms. The van der Waals surface area contributed by atoms with Gasteiger partial charge < -0.3 is 15.3 Å². The predicted octanol–water partition coefficient (Wildman–Crippen LogP) is -0.403. The third-order valence-corrected chi connectivity index (χ3v) is 3.06. The number of rotatable bonds is 5. The fourth-order valence-corrected chi connectivity index (χ4v) is 1.95. The smallest absolute Gasteiger partial charge is 0.358 e. The number of hydrogen-bond donors (Lipinski definition) is 3. The highest BCUT2D eigenvalue weighted by Gasteiger charge is 2.30. The van der Waals surface area contributed by atoms with Gasteiger partial charge in [0.15, 0.2) is 5.69 Å². The summed E-state index contributed by atoms with van der Waals surface area (Å²) in [5, 5.41) is 34.5. The summed E-state index contributed by atoms with van der Waals surface area (Å²) in [5.74, 6) is -0.946. The molecule has 0 aromatic carbocycles. The van der Waals surface area contributed by atoms with Crippen molar-refractivity contribution in [3.8, 4) is 0 Å². The second kappa shape index (κ2) is 4.80. The maximum absolute atomic E-state index is 11.0. The second-order valence-corrected chi connectivity index (χ2v) is 4.27. The molecule has 0 aliphatic heterocycles. The Morgan fingerprint density at radius 1 is 1.53 bits per heavy atom. The lowest BCUT2D eigenvalue weighted by Gasteiger charge is -2.26. The van der Waals surface area contributed by atoms with Gasteiger partial charge in [-0.05, 0) is 12.8 Å². The summed E-state index contributed by atoms with van der Waals surface area (Å²) in [7, 11) is 0. The number of aromatic nitrogens is 3. The van der Waals surface area contributed by atoms with Crippen LogP contribution in [0, 0.1) is 0 Å². The van der Waals surface area contributed by atoms with Crippen LogP contribution in [0.5, 0.6) is 0 Å². The first kappa shape index (κ1) is 12.0. The van der Waals surface area contributed by atoms with Gasteiger partial charge >= 0.3 is 5.97 Å². The minimum Gasteiger partial charge on any atom is -0.476 e. The third kappa shape index (κ3) is 2.29. The van der Waals surface area contributed by atoms with Crippen LogP contribution in [0.15, 0.2) is 0 Å². The zero-order chi connectivity index (χ0) is 12.4. The minimum atomic E-state index is -1.10. The lowest BCUT2D eigenvalue weighted by molar-refractivity contribution is 0.0684. The highest BCUT2D eigenvalue weighted by Crippen LogP contribution is 2.37. The average Bonchev–Trinajstić information content (AvgIpc) is 2.60. The molecule has 7 heteroatoms. The summed E-state index contributed by atoms with van der Waals surface area (Å²) in [6.45, 7) is -0.311. The first-order valence-corrected chi connectivity index (χ1v) is 5.59. The van der Waals surface area contributed by atoms with E-state index in [2.05, 4.69) is 10.3 Å². The number of aromatic carboxylic acids is 1. The van der Waals surface area contributed by atoms with Gasteiger partial charge in [0, 0.05) is 5.92 Å². The van der Waals surface area contributed by atoms with E-state index in [0.29, 0.717) is 5.69 Å². The van der Waals surface area contributed by atoms with Crippen LogP contribution in [0.1, 0.15) is 41.4 Å². The topological polar surface area (TPSA) is 108 Å². The van der Waals surface area contributed by atoms with Gasteiger partial charge in [-0.3, -0.25) is 0 Å². The van der Waals surface area contributed by atoms with E-state index in [0.717, 1.165) is 19.3 Å².